The largest absolute Gasteiger partial charge is 0.439 e. The zero-order chi connectivity index (χ0) is 22.7. The fourth-order valence-corrected chi connectivity index (χ4v) is 3.68. The summed E-state index contributed by atoms with van der Waals surface area (Å²) in [6, 6.07) is 21.9. The summed E-state index contributed by atoms with van der Waals surface area (Å²) >= 11 is 4.30. The fraction of sp³-hybridized carbons (Fsp3) is 0.0800. The molecule has 4 aromatic rings. The first kappa shape index (κ1) is 21.4. The van der Waals surface area contributed by atoms with Gasteiger partial charge in [0.2, 0.25) is 11.8 Å². The van der Waals surface area contributed by atoms with E-state index in [1.807, 2.05) is 44.2 Å². The number of aryl methyl sites for hydroxylation is 2. The van der Waals surface area contributed by atoms with Crippen LogP contribution < -0.4 is 15.8 Å². The van der Waals surface area contributed by atoms with Crippen LogP contribution in [0.1, 0.15) is 21.5 Å². The molecule has 0 saturated carbocycles. The standard InChI is InChI=1S/C25H22N4O2S/c1-15-6-3-7-16(2)23(15)21-14-22(29-25(26)28-21)31-19-10-4-8-17(12-19)24(30)27-18-9-5-11-20(32)13-18/h3-14,32H,1-2H3,(H,27,30)(H2,26,28,29). The first-order valence-electron chi connectivity index (χ1n) is 9.98. The van der Waals surface area contributed by atoms with Gasteiger partial charge in [-0.25, -0.2) is 4.98 Å². The maximum absolute atomic E-state index is 12.7. The third kappa shape index (κ3) is 4.90. The molecule has 1 aromatic heterocycles. The van der Waals surface area contributed by atoms with Crippen LogP contribution in [0.2, 0.25) is 0 Å². The van der Waals surface area contributed by atoms with Gasteiger partial charge in [-0.05, 0) is 61.4 Å². The van der Waals surface area contributed by atoms with E-state index < -0.39 is 0 Å². The number of amides is 1. The van der Waals surface area contributed by atoms with Gasteiger partial charge in [0.05, 0.1) is 5.69 Å². The molecule has 6 nitrogen and oxygen atoms in total. The van der Waals surface area contributed by atoms with Gasteiger partial charge in [-0.15, -0.1) is 12.6 Å². The Morgan fingerprint density at radius 2 is 1.66 bits per heavy atom. The number of thiol groups is 1. The molecule has 0 saturated heterocycles. The number of hydrogen-bond acceptors (Lipinski definition) is 6. The highest BCUT2D eigenvalue weighted by molar-refractivity contribution is 7.80. The summed E-state index contributed by atoms with van der Waals surface area (Å²) in [5, 5.41) is 2.85. The predicted molar refractivity (Wildman–Crippen MR) is 130 cm³/mol. The second-order valence-corrected chi connectivity index (χ2v) is 7.87. The Morgan fingerprint density at radius 1 is 0.938 bits per heavy atom. The molecule has 160 valence electrons. The lowest BCUT2D eigenvalue weighted by molar-refractivity contribution is 0.102. The molecule has 1 heterocycles. The number of nitrogens with zero attached hydrogens (tertiary/aromatic N) is 2. The highest BCUT2D eigenvalue weighted by Gasteiger charge is 2.13. The van der Waals surface area contributed by atoms with Crippen molar-refractivity contribution in [1.82, 2.24) is 9.97 Å². The van der Waals surface area contributed by atoms with Crippen LogP contribution in [0, 0.1) is 13.8 Å². The van der Waals surface area contributed by atoms with Gasteiger partial charge in [-0.3, -0.25) is 4.79 Å². The normalized spacial score (nSPS) is 10.6. The van der Waals surface area contributed by atoms with E-state index in [-0.39, 0.29) is 11.9 Å². The Balaban J connectivity index is 1.59. The molecule has 0 spiro atoms. The molecule has 3 N–H and O–H groups in total. The maximum atomic E-state index is 12.7. The van der Waals surface area contributed by atoms with E-state index >= 15 is 0 Å². The van der Waals surface area contributed by atoms with Gasteiger partial charge in [-0.1, -0.05) is 30.3 Å². The van der Waals surface area contributed by atoms with Crippen LogP contribution in [-0.2, 0) is 0 Å². The smallest absolute Gasteiger partial charge is 0.255 e. The molecule has 0 radical (unpaired) electrons. The molecular weight excluding hydrogens is 420 g/mol. The quantitative estimate of drug-likeness (QED) is 0.346. The average molecular weight is 443 g/mol. The van der Waals surface area contributed by atoms with Gasteiger partial charge in [-0.2, -0.15) is 4.98 Å². The van der Waals surface area contributed by atoms with Crippen molar-refractivity contribution in [3.63, 3.8) is 0 Å². The van der Waals surface area contributed by atoms with Crippen molar-refractivity contribution in [2.45, 2.75) is 18.7 Å². The van der Waals surface area contributed by atoms with Crippen molar-refractivity contribution < 1.29 is 9.53 Å². The molecule has 0 fully saturated rings. The minimum Gasteiger partial charge on any atom is -0.439 e. The van der Waals surface area contributed by atoms with Gasteiger partial charge in [0, 0.05) is 27.8 Å². The van der Waals surface area contributed by atoms with Gasteiger partial charge in [0.15, 0.2) is 0 Å². The number of anilines is 2. The fourth-order valence-electron chi connectivity index (χ4n) is 3.45. The van der Waals surface area contributed by atoms with E-state index in [0.717, 1.165) is 21.6 Å². The topological polar surface area (TPSA) is 90.1 Å². The third-order valence-corrected chi connectivity index (χ3v) is 5.16. The number of hydrogen-bond donors (Lipinski definition) is 3. The van der Waals surface area contributed by atoms with Crippen molar-refractivity contribution in [2.75, 3.05) is 11.1 Å². The number of carbonyl (C=O) groups excluding carboxylic acids is 1. The average Bonchev–Trinajstić information content (AvgIpc) is 2.73. The SMILES string of the molecule is Cc1cccc(C)c1-c1cc(Oc2cccc(C(=O)Nc3cccc(S)c3)c2)nc(N)n1. The molecule has 0 unspecified atom stereocenters. The molecule has 0 bridgehead atoms. The van der Waals surface area contributed by atoms with Crippen LogP contribution in [-0.4, -0.2) is 15.9 Å². The van der Waals surface area contributed by atoms with E-state index in [4.69, 9.17) is 10.5 Å². The number of nitrogens with two attached hydrogens (primary N) is 1. The van der Waals surface area contributed by atoms with Gasteiger partial charge in [0.25, 0.3) is 5.91 Å². The molecule has 7 heteroatoms. The van der Waals surface area contributed by atoms with Gasteiger partial charge >= 0.3 is 0 Å². The van der Waals surface area contributed by atoms with Crippen molar-refractivity contribution in [3.8, 4) is 22.9 Å². The lowest BCUT2D eigenvalue weighted by Gasteiger charge is -2.12. The second-order valence-electron chi connectivity index (χ2n) is 7.35. The number of rotatable bonds is 5. The first-order valence-corrected chi connectivity index (χ1v) is 10.4. The van der Waals surface area contributed by atoms with Crippen LogP contribution in [0.5, 0.6) is 11.6 Å². The molecule has 0 aliphatic heterocycles. The summed E-state index contributed by atoms with van der Waals surface area (Å²) < 4.78 is 5.94. The van der Waals surface area contributed by atoms with E-state index in [0.29, 0.717) is 28.6 Å². The Labute approximate surface area is 191 Å². The summed E-state index contributed by atoms with van der Waals surface area (Å²) in [5.74, 6) is 0.620. The molecule has 32 heavy (non-hydrogen) atoms. The Morgan fingerprint density at radius 3 is 2.41 bits per heavy atom. The highest BCUT2D eigenvalue weighted by Crippen LogP contribution is 2.30. The highest BCUT2D eigenvalue weighted by atomic mass is 32.1. The molecule has 1 amide bonds. The number of ether oxygens (including phenoxy) is 1. The third-order valence-electron chi connectivity index (χ3n) is 4.88. The van der Waals surface area contributed by atoms with Crippen LogP contribution in [0.3, 0.4) is 0 Å². The second kappa shape index (κ2) is 9.11. The lowest BCUT2D eigenvalue weighted by Crippen LogP contribution is -2.11. The van der Waals surface area contributed by atoms with Crippen LogP contribution in [0.15, 0.2) is 77.7 Å². The summed E-state index contributed by atoms with van der Waals surface area (Å²) in [6.07, 6.45) is 0. The van der Waals surface area contributed by atoms with Crippen LogP contribution in [0.25, 0.3) is 11.3 Å². The minimum atomic E-state index is -0.257. The van der Waals surface area contributed by atoms with Gasteiger partial charge < -0.3 is 15.8 Å². The van der Waals surface area contributed by atoms with E-state index in [1.54, 1.807) is 42.5 Å². The summed E-state index contributed by atoms with van der Waals surface area (Å²) in [4.78, 5) is 22.0. The Hall–Kier alpha value is -3.84. The van der Waals surface area contributed by atoms with E-state index in [2.05, 4.69) is 27.9 Å². The monoisotopic (exact) mass is 442 g/mol. The molecular formula is C25H22N4O2S. The summed E-state index contributed by atoms with van der Waals surface area (Å²) in [5.41, 5.74) is 10.9. The van der Waals surface area contributed by atoms with Crippen molar-refractivity contribution in [3.05, 3.63) is 89.5 Å². The number of nitrogen functional groups attached to an aromatic ring is 1. The zero-order valence-corrected chi connectivity index (χ0v) is 18.6. The van der Waals surface area contributed by atoms with E-state index in [1.165, 1.54) is 0 Å². The number of carbonyl (C=O) groups is 1. The molecule has 0 aliphatic carbocycles. The maximum Gasteiger partial charge on any atom is 0.255 e. The Kier molecular flexibility index (Phi) is 6.09. The number of aromatic nitrogens is 2. The van der Waals surface area contributed by atoms with Crippen LogP contribution in [0.4, 0.5) is 11.6 Å². The number of nitrogens with one attached hydrogen (secondary N) is 1. The van der Waals surface area contributed by atoms with Crippen LogP contribution >= 0.6 is 12.6 Å². The van der Waals surface area contributed by atoms with Gasteiger partial charge in [0.1, 0.15) is 5.75 Å². The first-order chi connectivity index (χ1) is 15.4. The van der Waals surface area contributed by atoms with E-state index in [9.17, 15) is 4.79 Å². The Bertz CT molecular complexity index is 1290. The zero-order valence-electron chi connectivity index (χ0n) is 17.7. The lowest BCUT2D eigenvalue weighted by atomic mass is 10.00. The predicted octanol–water partition coefficient (Wildman–Crippen LogP) is 5.68. The molecule has 4 rings (SSSR count). The molecule has 0 atom stereocenters. The van der Waals surface area contributed by atoms with Crippen molar-refractivity contribution in [2.24, 2.45) is 0 Å². The summed E-state index contributed by atoms with van der Waals surface area (Å²) in [7, 11) is 0. The molecule has 0 aliphatic rings. The van der Waals surface area contributed by atoms with Crippen molar-refractivity contribution in [1.29, 1.82) is 0 Å². The summed E-state index contributed by atoms with van der Waals surface area (Å²) in [6.45, 7) is 4.04. The minimum absolute atomic E-state index is 0.112. The molecule has 3 aromatic carbocycles. The van der Waals surface area contributed by atoms with Crippen molar-refractivity contribution >= 4 is 30.2 Å². The number of benzene rings is 3.